The zero-order valence-electron chi connectivity index (χ0n) is 15.9. The maximum Gasteiger partial charge on any atom is 0.326 e. The van der Waals surface area contributed by atoms with Crippen molar-refractivity contribution in [2.24, 2.45) is 0 Å². The molecule has 0 saturated heterocycles. The van der Waals surface area contributed by atoms with Crippen LogP contribution in [0, 0.1) is 6.92 Å². The van der Waals surface area contributed by atoms with Gasteiger partial charge in [0.15, 0.2) is 0 Å². The first-order valence-electron chi connectivity index (χ1n) is 9.04. The zero-order chi connectivity index (χ0) is 21.3. The molecule has 4 aromatic rings. The Balaban J connectivity index is 1.72. The number of fused-ring (bicyclic) bond motifs is 1. The number of H-pyrrole nitrogens is 2. The lowest BCUT2D eigenvalue weighted by Gasteiger charge is -2.18. The van der Waals surface area contributed by atoms with Crippen LogP contribution in [-0.2, 0) is 16.4 Å². The Morgan fingerprint density at radius 1 is 1.13 bits per heavy atom. The highest BCUT2D eigenvalue weighted by molar-refractivity contribution is 7.89. The van der Waals surface area contributed by atoms with Gasteiger partial charge in [0.25, 0.3) is 5.56 Å². The summed E-state index contributed by atoms with van der Waals surface area (Å²) < 4.78 is 28.9. The van der Waals surface area contributed by atoms with Crippen molar-refractivity contribution in [2.45, 2.75) is 24.3 Å². The first-order chi connectivity index (χ1) is 14.3. The molecular formula is C20H18N4O4S2. The molecule has 0 saturated carbocycles. The summed E-state index contributed by atoms with van der Waals surface area (Å²) >= 11 is 1.53. The Morgan fingerprint density at radius 3 is 2.67 bits per heavy atom. The summed E-state index contributed by atoms with van der Waals surface area (Å²) in [4.78, 5) is 32.4. The molecule has 3 N–H and O–H groups in total. The van der Waals surface area contributed by atoms with Gasteiger partial charge in [-0.1, -0.05) is 6.07 Å². The molecule has 10 heteroatoms. The van der Waals surface area contributed by atoms with Crippen LogP contribution in [0.25, 0.3) is 10.9 Å². The van der Waals surface area contributed by atoms with Gasteiger partial charge in [-0.2, -0.15) is 11.3 Å². The molecule has 3 heterocycles. The fourth-order valence-electron chi connectivity index (χ4n) is 3.10. The molecule has 4 rings (SSSR count). The van der Waals surface area contributed by atoms with Gasteiger partial charge in [-0.05, 0) is 65.6 Å². The number of hydrogen-bond donors (Lipinski definition) is 3. The summed E-state index contributed by atoms with van der Waals surface area (Å²) in [6.07, 6.45) is 2.12. The minimum Gasteiger partial charge on any atom is -0.307 e. The molecule has 0 aliphatic rings. The molecule has 154 valence electrons. The van der Waals surface area contributed by atoms with Gasteiger partial charge in [-0.15, -0.1) is 0 Å². The molecule has 0 amide bonds. The summed E-state index contributed by atoms with van der Waals surface area (Å²) in [6.45, 7) is 1.91. The summed E-state index contributed by atoms with van der Waals surface area (Å²) in [5, 5.41) is 3.97. The molecule has 3 aromatic heterocycles. The molecule has 0 spiro atoms. The van der Waals surface area contributed by atoms with Crippen LogP contribution in [0.2, 0.25) is 0 Å². The number of aromatic amines is 2. The predicted molar refractivity (Wildman–Crippen MR) is 115 cm³/mol. The number of hydrogen-bond acceptors (Lipinski definition) is 6. The maximum atomic E-state index is 13.1. The van der Waals surface area contributed by atoms with Gasteiger partial charge in [0.05, 0.1) is 27.5 Å². The van der Waals surface area contributed by atoms with E-state index in [9.17, 15) is 18.0 Å². The van der Waals surface area contributed by atoms with Crippen molar-refractivity contribution >= 4 is 32.3 Å². The molecule has 1 aromatic carbocycles. The Hall–Kier alpha value is -3.08. The molecule has 1 atom stereocenters. The second kappa shape index (κ2) is 7.98. The second-order valence-corrected chi connectivity index (χ2v) is 9.38. The average Bonchev–Trinajstić information content (AvgIpc) is 3.20. The van der Waals surface area contributed by atoms with Crippen molar-refractivity contribution in [1.82, 2.24) is 19.7 Å². The van der Waals surface area contributed by atoms with E-state index in [1.165, 1.54) is 29.5 Å². The Labute approximate surface area is 175 Å². The number of benzene rings is 1. The summed E-state index contributed by atoms with van der Waals surface area (Å²) in [7, 11) is -3.97. The normalized spacial score (nSPS) is 12.8. The van der Waals surface area contributed by atoms with Gasteiger partial charge in [-0.25, -0.2) is 17.9 Å². The van der Waals surface area contributed by atoms with Crippen LogP contribution < -0.4 is 16.0 Å². The summed E-state index contributed by atoms with van der Waals surface area (Å²) in [6, 6.07) is 9.02. The van der Waals surface area contributed by atoms with Crippen LogP contribution in [0.5, 0.6) is 0 Å². The number of pyridine rings is 1. The van der Waals surface area contributed by atoms with Crippen molar-refractivity contribution in [2.75, 3.05) is 0 Å². The van der Waals surface area contributed by atoms with E-state index in [2.05, 4.69) is 19.7 Å². The summed E-state index contributed by atoms with van der Waals surface area (Å²) in [5.74, 6) is 0. The molecule has 0 bridgehead atoms. The lowest BCUT2D eigenvalue weighted by atomic mass is 10.1. The van der Waals surface area contributed by atoms with Gasteiger partial charge in [0.2, 0.25) is 10.0 Å². The van der Waals surface area contributed by atoms with E-state index in [-0.39, 0.29) is 15.8 Å². The van der Waals surface area contributed by atoms with E-state index in [0.29, 0.717) is 12.1 Å². The minimum absolute atomic E-state index is 0.0741. The second-order valence-electron chi connectivity index (χ2n) is 6.89. The molecule has 0 fully saturated rings. The van der Waals surface area contributed by atoms with Crippen LogP contribution in [0.15, 0.2) is 67.8 Å². The van der Waals surface area contributed by atoms with Gasteiger partial charge in [0, 0.05) is 6.20 Å². The van der Waals surface area contributed by atoms with E-state index in [4.69, 9.17) is 0 Å². The first-order valence-corrected chi connectivity index (χ1v) is 11.5. The standard InChI is InChI=1S/C20H18N4O4S2/c1-12-2-4-17(21-10-12)18(8-13-6-7-29-11-13)24-30(27,28)14-3-5-16-15(9-14)19(25)23-20(26)22-16/h2-7,9-11,18,24H,8H2,1H3,(H2,22,23,25,26)/t18-/m0/s1. The predicted octanol–water partition coefficient (Wildman–Crippen LogP) is 2.24. The lowest BCUT2D eigenvalue weighted by Crippen LogP contribution is -2.31. The minimum atomic E-state index is -3.97. The number of aromatic nitrogens is 3. The average molecular weight is 443 g/mol. The van der Waals surface area contributed by atoms with E-state index in [0.717, 1.165) is 11.1 Å². The highest BCUT2D eigenvalue weighted by Gasteiger charge is 2.23. The number of thiophene rings is 1. The molecular weight excluding hydrogens is 424 g/mol. The topological polar surface area (TPSA) is 125 Å². The number of rotatable bonds is 6. The Kier molecular flexibility index (Phi) is 5.37. The Bertz CT molecular complexity index is 1410. The Morgan fingerprint density at radius 2 is 1.97 bits per heavy atom. The van der Waals surface area contributed by atoms with E-state index >= 15 is 0 Å². The molecule has 30 heavy (non-hydrogen) atoms. The molecule has 0 unspecified atom stereocenters. The monoisotopic (exact) mass is 442 g/mol. The summed E-state index contributed by atoms with van der Waals surface area (Å²) in [5.41, 5.74) is 1.51. The van der Waals surface area contributed by atoms with Crippen LogP contribution in [0.1, 0.15) is 22.9 Å². The van der Waals surface area contributed by atoms with Gasteiger partial charge < -0.3 is 4.98 Å². The van der Waals surface area contributed by atoms with Gasteiger partial charge in [0.1, 0.15) is 0 Å². The van der Waals surface area contributed by atoms with Gasteiger partial charge in [-0.3, -0.25) is 14.8 Å². The zero-order valence-corrected chi connectivity index (χ0v) is 17.5. The lowest BCUT2D eigenvalue weighted by molar-refractivity contribution is 0.550. The van der Waals surface area contributed by atoms with Crippen molar-refractivity contribution in [1.29, 1.82) is 0 Å². The first kappa shape index (κ1) is 20.2. The van der Waals surface area contributed by atoms with Crippen LogP contribution in [0.3, 0.4) is 0 Å². The molecule has 0 radical (unpaired) electrons. The maximum absolute atomic E-state index is 13.1. The van der Waals surface area contributed by atoms with Crippen molar-refractivity contribution < 1.29 is 8.42 Å². The molecule has 0 aliphatic heterocycles. The van der Waals surface area contributed by atoms with Crippen molar-refractivity contribution in [3.63, 3.8) is 0 Å². The van der Waals surface area contributed by atoms with Crippen molar-refractivity contribution in [3.8, 4) is 0 Å². The fourth-order valence-corrected chi connectivity index (χ4v) is 5.02. The quantitative estimate of drug-likeness (QED) is 0.422. The van der Waals surface area contributed by atoms with Crippen LogP contribution in [-0.4, -0.2) is 23.4 Å². The fraction of sp³-hybridized carbons (Fsp3) is 0.150. The van der Waals surface area contributed by atoms with Crippen LogP contribution >= 0.6 is 11.3 Å². The number of nitrogens with zero attached hydrogens (tertiary/aromatic N) is 1. The largest absolute Gasteiger partial charge is 0.326 e. The number of nitrogens with one attached hydrogen (secondary N) is 3. The van der Waals surface area contributed by atoms with Gasteiger partial charge >= 0.3 is 5.69 Å². The third-order valence-electron chi connectivity index (χ3n) is 4.63. The third kappa shape index (κ3) is 4.25. The van der Waals surface area contributed by atoms with Crippen LogP contribution in [0.4, 0.5) is 0 Å². The van der Waals surface area contributed by atoms with Crippen molar-refractivity contribution in [3.05, 3.63) is 91.0 Å². The number of sulfonamides is 1. The highest BCUT2D eigenvalue weighted by atomic mass is 32.2. The number of aryl methyl sites for hydroxylation is 1. The third-order valence-corrected chi connectivity index (χ3v) is 6.83. The van der Waals surface area contributed by atoms with E-state index in [1.54, 1.807) is 12.3 Å². The highest BCUT2D eigenvalue weighted by Crippen LogP contribution is 2.22. The molecule has 8 nitrogen and oxygen atoms in total. The van der Waals surface area contributed by atoms with E-state index < -0.39 is 27.3 Å². The smallest absolute Gasteiger partial charge is 0.307 e. The molecule has 0 aliphatic carbocycles. The van der Waals surface area contributed by atoms with E-state index in [1.807, 2.05) is 29.8 Å². The SMILES string of the molecule is Cc1ccc([C@H](Cc2ccsc2)NS(=O)(=O)c2ccc3[nH]c(=O)[nH]c(=O)c3c2)nc1.